The summed E-state index contributed by atoms with van der Waals surface area (Å²) in [5, 5.41) is 59.5. The zero-order valence-electron chi connectivity index (χ0n) is 28.8. The molecular weight excluding hydrogens is 672 g/mol. The lowest BCUT2D eigenvalue weighted by Gasteiger charge is -2.47. The van der Waals surface area contributed by atoms with E-state index in [0.29, 0.717) is 25.1 Å². The molecule has 0 amide bonds. The van der Waals surface area contributed by atoms with Crippen molar-refractivity contribution in [2.45, 2.75) is 43.5 Å². The second-order valence-corrected chi connectivity index (χ2v) is 12.9. The van der Waals surface area contributed by atoms with Crippen LogP contribution in [0.15, 0.2) is 99.3 Å². The molecule has 1 aliphatic rings. The minimum Gasteiger partial charge on any atom is -0.508 e. The number of aliphatic hydroxyl groups is 3. The highest BCUT2D eigenvalue weighted by Crippen LogP contribution is 2.33. The van der Waals surface area contributed by atoms with Crippen LogP contribution in [-0.2, 0) is 9.53 Å². The van der Waals surface area contributed by atoms with Crippen LogP contribution >= 0.6 is 0 Å². The Morgan fingerprint density at radius 2 is 1.83 bits per heavy atom. The van der Waals surface area contributed by atoms with E-state index in [1.807, 2.05) is 36.4 Å². The molecule has 0 aliphatic carbocycles. The van der Waals surface area contributed by atoms with E-state index in [9.17, 15) is 35.1 Å². The van der Waals surface area contributed by atoms with Crippen molar-refractivity contribution in [1.82, 2.24) is 10.6 Å². The first-order valence-corrected chi connectivity index (χ1v) is 16.8. The Morgan fingerprint density at radius 1 is 1.10 bits per heavy atom. The van der Waals surface area contributed by atoms with Gasteiger partial charge in [0.05, 0.1) is 10.9 Å². The molecule has 2 heterocycles. The van der Waals surface area contributed by atoms with E-state index in [1.54, 1.807) is 19.2 Å². The molecule has 1 fully saturated rings. The van der Waals surface area contributed by atoms with Crippen molar-refractivity contribution in [3.05, 3.63) is 101 Å². The summed E-state index contributed by atoms with van der Waals surface area (Å²) in [6.07, 6.45) is -1.62. The lowest BCUT2D eigenvalue weighted by Crippen LogP contribution is -2.71. The molecule has 7 atom stereocenters. The fourth-order valence-electron chi connectivity index (χ4n) is 6.02. The van der Waals surface area contributed by atoms with Crippen molar-refractivity contribution >= 4 is 29.0 Å². The molecule has 5 rings (SSSR count). The summed E-state index contributed by atoms with van der Waals surface area (Å²) in [6.45, 7) is 2.42. The lowest BCUT2D eigenvalue weighted by molar-refractivity contribution is -0.311. The lowest BCUT2D eigenvalue weighted by atomic mass is 9.85. The minimum absolute atomic E-state index is 0.0272. The van der Waals surface area contributed by atoms with Crippen LogP contribution in [0.3, 0.4) is 0 Å². The van der Waals surface area contributed by atoms with Gasteiger partial charge in [-0.05, 0) is 53.6 Å². The average Bonchev–Trinajstić information content (AvgIpc) is 3.14. The topological polar surface area (TPSA) is 229 Å². The average molecular weight is 717 g/mol. The van der Waals surface area contributed by atoms with Crippen LogP contribution in [0.1, 0.15) is 18.9 Å². The predicted molar refractivity (Wildman–Crippen MR) is 195 cm³/mol. The molecule has 276 valence electrons. The van der Waals surface area contributed by atoms with Crippen LogP contribution in [0, 0.1) is 11.8 Å². The number of nitrogens with one attached hydrogen (secondary N) is 2. The summed E-state index contributed by atoms with van der Waals surface area (Å²) in [4.78, 5) is 29.2. The molecule has 1 saturated heterocycles. The number of carboxylic acids is 1. The number of guanidine groups is 1. The summed E-state index contributed by atoms with van der Waals surface area (Å²) in [5.74, 6) is -1.21. The van der Waals surface area contributed by atoms with Gasteiger partial charge < -0.3 is 55.8 Å². The van der Waals surface area contributed by atoms with Gasteiger partial charge in [0.2, 0.25) is 6.29 Å². The maximum Gasteiger partial charge on any atom is 0.335 e. The van der Waals surface area contributed by atoms with Gasteiger partial charge in [-0.2, -0.15) is 0 Å². The highest BCUT2D eigenvalue weighted by atomic mass is 16.7. The zero-order chi connectivity index (χ0) is 37.4. The molecule has 14 heteroatoms. The Bertz CT molecular complexity index is 1930. The number of hydrogen-bond donors (Lipinski definition) is 8. The monoisotopic (exact) mass is 716 g/mol. The van der Waals surface area contributed by atoms with Gasteiger partial charge in [0.1, 0.15) is 35.6 Å². The Morgan fingerprint density at radius 3 is 2.52 bits per heavy atom. The normalized spacial score (nSPS) is 23.4. The third kappa shape index (κ3) is 8.78. The van der Waals surface area contributed by atoms with Crippen molar-refractivity contribution in [3.63, 3.8) is 0 Å². The Kier molecular flexibility index (Phi) is 12.3. The number of benzene rings is 3. The Balaban J connectivity index is 1.35. The number of ether oxygens (including phenoxy) is 2. The second kappa shape index (κ2) is 16.8. The molecular formula is C38H44N4O10. The second-order valence-electron chi connectivity index (χ2n) is 12.9. The Hall–Kier alpha value is -5.25. The van der Waals surface area contributed by atoms with Gasteiger partial charge in [-0.15, -0.1) is 0 Å². The van der Waals surface area contributed by atoms with Gasteiger partial charge in [-0.1, -0.05) is 61.5 Å². The SMILES string of the molecule is CN=C(N)NC[C@H](CNC[C@]1(O)[C@H](Oc2ccc3c(=O)c(-c4ccc(O)cc4)coc3c2)O[C@H](C(=O)O)[C@@H](O)[C@@H]1O)[C@H](C)C/C=C/c1ccccc1. The van der Waals surface area contributed by atoms with Gasteiger partial charge in [0, 0.05) is 32.7 Å². The number of carboxylic acid groups (broad SMARTS) is 1. The van der Waals surface area contributed by atoms with Crippen molar-refractivity contribution in [1.29, 1.82) is 0 Å². The van der Waals surface area contributed by atoms with Crippen LogP contribution in [0.4, 0.5) is 0 Å². The van der Waals surface area contributed by atoms with Crippen molar-refractivity contribution in [3.8, 4) is 22.6 Å². The van der Waals surface area contributed by atoms with E-state index in [0.717, 1.165) is 5.56 Å². The first kappa shape index (κ1) is 38.0. The van der Waals surface area contributed by atoms with E-state index >= 15 is 0 Å². The zero-order valence-corrected chi connectivity index (χ0v) is 28.8. The number of phenols is 1. The number of fused-ring (bicyclic) bond motifs is 1. The van der Waals surface area contributed by atoms with Crippen LogP contribution in [0.5, 0.6) is 11.5 Å². The standard InChI is InChI=1S/C38H44N4O10/c1-22(7-6-10-23-8-4-3-5-9-23)25(19-42-37(39)40-2)18-41-21-38(49)34(46)32(45)33(35(47)48)52-36(38)51-27-15-16-28-30(17-27)50-20-29(31(28)44)24-11-13-26(43)14-12-24/h3-6,8-17,20,22,25,32-34,36,41,43,45-46,49H,7,18-19,21H2,1-2H3,(H,47,48)(H3,39,40,42)/b10-6+/t22-,25+,32-,33+,34+,36-,38-/m1/s1. The summed E-state index contributed by atoms with van der Waals surface area (Å²) >= 11 is 0. The quantitative estimate of drug-likeness (QED) is 0.0693. The van der Waals surface area contributed by atoms with Crippen LogP contribution in [-0.4, -0.2) is 94.3 Å². The fraction of sp³-hybridized carbons (Fsp3) is 0.342. The maximum atomic E-state index is 13.3. The molecule has 0 unspecified atom stereocenters. The highest BCUT2D eigenvalue weighted by Gasteiger charge is 2.58. The van der Waals surface area contributed by atoms with Crippen molar-refractivity contribution in [2.75, 3.05) is 26.7 Å². The van der Waals surface area contributed by atoms with E-state index < -0.39 is 36.2 Å². The number of aliphatic hydroxyl groups excluding tert-OH is 2. The maximum absolute atomic E-state index is 13.3. The molecule has 3 aromatic carbocycles. The predicted octanol–water partition coefficient (Wildman–Crippen LogP) is 2.29. The number of phenolic OH excluding ortho intramolecular Hbond substituents is 1. The van der Waals surface area contributed by atoms with E-state index in [-0.39, 0.29) is 57.8 Å². The van der Waals surface area contributed by atoms with Gasteiger partial charge in [0.15, 0.2) is 23.1 Å². The smallest absolute Gasteiger partial charge is 0.335 e. The summed E-state index contributed by atoms with van der Waals surface area (Å²) in [7, 11) is 1.57. The molecule has 4 aromatic rings. The molecule has 0 radical (unpaired) electrons. The largest absolute Gasteiger partial charge is 0.508 e. The van der Waals surface area contributed by atoms with Gasteiger partial charge in [0.25, 0.3) is 0 Å². The molecule has 0 spiro atoms. The number of rotatable bonds is 14. The molecule has 14 nitrogen and oxygen atoms in total. The van der Waals surface area contributed by atoms with Gasteiger partial charge in [-0.25, -0.2) is 4.79 Å². The summed E-state index contributed by atoms with van der Waals surface area (Å²) < 4.78 is 17.3. The number of allylic oxidation sites excluding steroid dienone is 1. The number of aromatic hydroxyl groups is 1. The summed E-state index contributed by atoms with van der Waals surface area (Å²) in [5.41, 5.74) is 5.19. The molecule has 0 saturated carbocycles. The molecule has 0 bridgehead atoms. The minimum atomic E-state index is -2.35. The van der Waals surface area contributed by atoms with Crippen molar-refractivity contribution in [2.24, 2.45) is 22.6 Å². The number of hydrogen-bond acceptors (Lipinski definition) is 11. The number of nitrogens with zero attached hydrogens (tertiary/aromatic N) is 1. The first-order chi connectivity index (χ1) is 24.9. The third-order valence-electron chi connectivity index (χ3n) is 9.26. The van der Waals surface area contributed by atoms with E-state index in [2.05, 4.69) is 28.6 Å². The van der Waals surface area contributed by atoms with E-state index in [1.165, 1.54) is 36.6 Å². The fourth-order valence-corrected chi connectivity index (χ4v) is 6.02. The molecule has 1 aromatic heterocycles. The first-order valence-electron chi connectivity index (χ1n) is 16.8. The summed E-state index contributed by atoms with van der Waals surface area (Å²) in [6, 6.07) is 20.2. The van der Waals surface area contributed by atoms with Crippen LogP contribution < -0.4 is 26.5 Å². The third-order valence-corrected chi connectivity index (χ3v) is 9.26. The molecule has 9 N–H and O–H groups in total. The highest BCUT2D eigenvalue weighted by molar-refractivity contribution is 5.82. The number of carbonyl (C=O) groups is 1. The number of nitrogens with two attached hydrogens (primary N) is 1. The number of aliphatic imine (C=N–C) groups is 1. The van der Waals surface area contributed by atoms with Gasteiger partial charge >= 0.3 is 5.97 Å². The van der Waals surface area contributed by atoms with Crippen molar-refractivity contribution < 1.29 is 44.2 Å². The Labute approximate surface area is 299 Å². The van der Waals surface area contributed by atoms with Crippen LogP contribution in [0.2, 0.25) is 0 Å². The molecule has 52 heavy (non-hydrogen) atoms. The van der Waals surface area contributed by atoms with Crippen LogP contribution in [0.25, 0.3) is 28.2 Å². The molecule has 1 aliphatic heterocycles. The van der Waals surface area contributed by atoms with Gasteiger partial charge in [-0.3, -0.25) is 9.79 Å². The number of aliphatic carboxylic acids is 1. The van der Waals surface area contributed by atoms with E-state index in [4.69, 9.17) is 19.6 Å².